The Labute approximate surface area is 148 Å². The molecule has 138 valence electrons. The van der Waals surface area contributed by atoms with Gasteiger partial charge in [-0.3, -0.25) is 14.5 Å². The number of amides is 1. The molecule has 1 amide bonds. The highest BCUT2D eigenvalue weighted by Gasteiger charge is 2.38. The summed E-state index contributed by atoms with van der Waals surface area (Å²) in [7, 11) is 0. The minimum absolute atomic E-state index is 0.0206. The Morgan fingerprint density at radius 1 is 1.28 bits per heavy atom. The number of carboxylic acid groups (broad SMARTS) is 1. The number of aliphatic carboxylic acids is 1. The molecule has 1 atom stereocenters. The summed E-state index contributed by atoms with van der Waals surface area (Å²) in [5, 5.41) is 12.4. The molecule has 0 unspecified atom stereocenters. The molecule has 2 N–H and O–H groups in total. The average Bonchev–Trinajstić information content (AvgIpc) is 3.08. The van der Waals surface area contributed by atoms with Crippen LogP contribution in [0.15, 0.2) is 22.8 Å². The Bertz CT molecular complexity index is 578. The summed E-state index contributed by atoms with van der Waals surface area (Å²) in [6.07, 6.45) is 8.18. The maximum Gasteiger partial charge on any atom is 0.305 e. The quantitative estimate of drug-likeness (QED) is 0.826. The maximum atomic E-state index is 12.8. The molecule has 0 aromatic carbocycles. The standard InChI is InChI=1S/C19H28N2O4/c22-17(23)12-19(8-2-1-3-9-19)20-18(24)15-6-4-10-21(13-15)14-16-7-5-11-25-16/h5,7,11,15H,1-4,6,8-10,12-14H2,(H,20,24)(H,22,23)/t15-/m0/s1. The van der Waals surface area contributed by atoms with Crippen molar-refractivity contribution in [3.05, 3.63) is 24.2 Å². The van der Waals surface area contributed by atoms with Gasteiger partial charge in [-0.15, -0.1) is 0 Å². The zero-order valence-electron chi connectivity index (χ0n) is 14.7. The molecule has 1 saturated heterocycles. The van der Waals surface area contributed by atoms with Crippen LogP contribution in [-0.4, -0.2) is 40.5 Å². The van der Waals surface area contributed by atoms with Gasteiger partial charge in [-0.05, 0) is 44.4 Å². The molecule has 1 aliphatic heterocycles. The lowest BCUT2D eigenvalue weighted by atomic mass is 9.78. The molecule has 2 fully saturated rings. The number of carboxylic acids is 1. The van der Waals surface area contributed by atoms with E-state index in [1.165, 1.54) is 0 Å². The second kappa shape index (κ2) is 8.04. The lowest BCUT2D eigenvalue weighted by molar-refractivity contribution is -0.140. The Balaban J connectivity index is 1.59. The third kappa shape index (κ3) is 4.84. The maximum absolute atomic E-state index is 12.8. The van der Waals surface area contributed by atoms with Crippen LogP contribution in [0.1, 0.15) is 57.1 Å². The van der Waals surface area contributed by atoms with Crippen LogP contribution < -0.4 is 5.32 Å². The molecule has 6 heteroatoms. The second-order valence-electron chi connectivity index (χ2n) is 7.55. The molecule has 1 saturated carbocycles. The van der Waals surface area contributed by atoms with E-state index in [1.54, 1.807) is 6.26 Å². The first kappa shape index (κ1) is 18.0. The van der Waals surface area contributed by atoms with Gasteiger partial charge >= 0.3 is 5.97 Å². The summed E-state index contributed by atoms with van der Waals surface area (Å²) < 4.78 is 5.41. The summed E-state index contributed by atoms with van der Waals surface area (Å²) in [6, 6.07) is 3.83. The van der Waals surface area contributed by atoms with Crippen LogP contribution in [0.25, 0.3) is 0 Å². The topological polar surface area (TPSA) is 82.8 Å². The molecular weight excluding hydrogens is 320 g/mol. The lowest BCUT2D eigenvalue weighted by Crippen LogP contribution is -2.54. The Hall–Kier alpha value is -1.82. The van der Waals surface area contributed by atoms with Gasteiger partial charge in [-0.1, -0.05) is 19.3 Å². The van der Waals surface area contributed by atoms with Crippen molar-refractivity contribution in [1.82, 2.24) is 10.2 Å². The van der Waals surface area contributed by atoms with Crippen molar-refractivity contribution in [2.75, 3.05) is 13.1 Å². The van der Waals surface area contributed by atoms with E-state index in [9.17, 15) is 14.7 Å². The van der Waals surface area contributed by atoms with Gasteiger partial charge < -0.3 is 14.8 Å². The van der Waals surface area contributed by atoms with Crippen molar-refractivity contribution in [3.8, 4) is 0 Å². The van der Waals surface area contributed by atoms with Gasteiger partial charge in [0.2, 0.25) is 5.91 Å². The van der Waals surface area contributed by atoms with E-state index in [1.807, 2.05) is 12.1 Å². The zero-order chi connectivity index (χ0) is 17.7. The second-order valence-corrected chi connectivity index (χ2v) is 7.55. The van der Waals surface area contributed by atoms with E-state index < -0.39 is 11.5 Å². The minimum Gasteiger partial charge on any atom is -0.481 e. The number of carbonyl (C=O) groups excluding carboxylic acids is 1. The average molecular weight is 348 g/mol. The summed E-state index contributed by atoms with van der Waals surface area (Å²) in [6.45, 7) is 2.39. The number of nitrogens with one attached hydrogen (secondary N) is 1. The van der Waals surface area contributed by atoms with Gasteiger partial charge in [-0.2, -0.15) is 0 Å². The number of furan rings is 1. The summed E-state index contributed by atoms with van der Waals surface area (Å²) in [4.78, 5) is 26.4. The largest absolute Gasteiger partial charge is 0.481 e. The number of hydrogen-bond acceptors (Lipinski definition) is 4. The molecule has 1 aliphatic carbocycles. The van der Waals surface area contributed by atoms with Gasteiger partial charge in [0.05, 0.1) is 30.7 Å². The van der Waals surface area contributed by atoms with Crippen molar-refractivity contribution in [2.24, 2.45) is 5.92 Å². The molecule has 0 spiro atoms. The molecule has 2 aliphatic rings. The first-order valence-corrected chi connectivity index (χ1v) is 9.35. The van der Waals surface area contributed by atoms with Gasteiger partial charge in [0.25, 0.3) is 0 Å². The SMILES string of the molecule is O=C(O)CC1(NC(=O)[C@H]2CCCN(Cc3ccco3)C2)CCCCC1. The van der Waals surface area contributed by atoms with Crippen molar-refractivity contribution in [2.45, 2.75) is 63.5 Å². The predicted octanol–water partition coefficient (Wildman–Crippen LogP) is 2.79. The number of hydrogen-bond donors (Lipinski definition) is 2. The smallest absolute Gasteiger partial charge is 0.305 e. The van der Waals surface area contributed by atoms with Crippen LogP contribution in [0.4, 0.5) is 0 Å². The molecule has 3 rings (SSSR count). The van der Waals surface area contributed by atoms with E-state index in [0.717, 1.165) is 63.8 Å². The highest BCUT2D eigenvalue weighted by molar-refractivity contribution is 5.81. The Kier molecular flexibility index (Phi) is 5.78. The highest BCUT2D eigenvalue weighted by atomic mass is 16.4. The summed E-state index contributed by atoms with van der Waals surface area (Å²) >= 11 is 0. The number of rotatable bonds is 6. The fourth-order valence-electron chi connectivity index (χ4n) is 4.26. The Morgan fingerprint density at radius 3 is 2.76 bits per heavy atom. The molecule has 1 aromatic rings. The molecule has 6 nitrogen and oxygen atoms in total. The third-order valence-corrected chi connectivity index (χ3v) is 5.52. The van der Waals surface area contributed by atoms with Crippen molar-refractivity contribution >= 4 is 11.9 Å². The van der Waals surface area contributed by atoms with E-state index in [-0.39, 0.29) is 18.2 Å². The first-order valence-electron chi connectivity index (χ1n) is 9.35. The van der Waals surface area contributed by atoms with E-state index in [4.69, 9.17) is 4.42 Å². The number of nitrogens with zero attached hydrogens (tertiary/aromatic N) is 1. The van der Waals surface area contributed by atoms with Gasteiger partial charge in [0.1, 0.15) is 5.76 Å². The van der Waals surface area contributed by atoms with Crippen LogP contribution in [-0.2, 0) is 16.1 Å². The predicted molar refractivity (Wildman–Crippen MR) is 92.9 cm³/mol. The van der Waals surface area contributed by atoms with Gasteiger partial charge in [0, 0.05) is 6.54 Å². The molecule has 25 heavy (non-hydrogen) atoms. The molecular formula is C19H28N2O4. The lowest BCUT2D eigenvalue weighted by Gasteiger charge is -2.39. The van der Waals surface area contributed by atoms with Crippen molar-refractivity contribution < 1.29 is 19.1 Å². The van der Waals surface area contributed by atoms with Crippen LogP contribution >= 0.6 is 0 Å². The molecule has 1 aromatic heterocycles. The van der Waals surface area contributed by atoms with Crippen molar-refractivity contribution in [3.63, 3.8) is 0 Å². The number of carbonyl (C=O) groups is 2. The van der Waals surface area contributed by atoms with Crippen LogP contribution in [0.5, 0.6) is 0 Å². The molecule has 2 heterocycles. The van der Waals surface area contributed by atoms with Crippen LogP contribution in [0.2, 0.25) is 0 Å². The number of likely N-dealkylation sites (tertiary alicyclic amines) is 1. The minimum atomic E-state index is -0.828. The zero-order valence-corrected chi connectivity index (χ0v) is 14.7. The third-order valence-electron chi connectivity index (χ3n) is 5.52. The fourth-order valence-corrected chi connectivity index (χ4v) is 4.26. The van der Waals surface area contributed by atoms with E-state index in [2.05, 4.69) is 10.2 Å². The first-order chi connectivity index (χ1) is 12.1. The number of piperidine rings is 1. The van der Waals surface area contributed by atoms with Gasteiger partial charge in [0.15, 0.2) is 0 Å². The van der Waals surface area contributed by atoms with E-state index >= 15 is 0 Å². The highest BCUT2D eigenvalue weighted by Crippen LogP contribution is 2.32. The van der Waals surface area contributed by atoms with E-state index in [0.29, 0.717) is 6.54 Å². The summed E-state index contributed by atoms with van der Waals surface area (Å²) in [5.41, 5.74) is -0.551. The van der Waals surface area contributed by atoms with Gasteiger partial charge in [-0.25, -0.2) is 0 Å². The fraction of sp³-hybridized carbons (Fsp3) is 0.684. The normalized spacial score (nSPS) is 23.9. The van der Waals surface area contributed by atoms with Crippen LogP contribution in [0.3, 0.4) is 0 Å². The van der Waals surface area contributed by atoms with Crippen molar-refractivity contribution in [1.29, 1.82) is 0 Å². The molecule has 0 bridgehead atoms. The molecule has 0 radical (unpaired) electrons. The monoisotopic (exact) mass is 348 g/mol. The summed E-state index contributed by atoms with van der Waals surface area (Å²) in [5.74, 6) is 0.0320. The Morgan fingerprint density at radius 2 is 2.08 bits per heavy atom. The van der Waals surface area contributed by atoms with Crippen LogP contribution in [0, 0.1) is 5.92 Å².